The molecule has 4 rings (SSSR count). The quantitative estimate of drug-likeness (QED) is 0.735. The Labute approximate surface area is 151 Å². The SMILES string of the molecule is O=C(CCCn1ccnn1)N1CCOC[C@@H]1Cc1c[nH]c2ccccc12. The van der Waals surface area contributed by atoms with Gasteiger partial charge < -0.3 is 14.6 Å². The third-order valence-electron chi connectivity index (χ3n) is 4.93. The molecule has 0 aliphatic carbocycles. The molecular weight excluding hydrogens is 330 g/mol. The second kappa shape index (κ2) is 7.70. The molecule has 3 heterocycles. The number of rotatable bonds is 6. The molecule has 0 radical (unpaired) electrons. The standard InChI is InChI=1S/C19H23N5O2/c25-19(6-3-8-23-9-7-21-22-23)24-10-11-26-14-16(24)12-15-13-20-18-5-2-1-4-17(15)18/h1-2,4-5,7,9,13,16,20H,3,6,8,10-12,14H2/t16-/m0/s1. The molecule has 3 aromatic rings. The largest absolute Gasteiger partial charge is 0.377 e. The van der Waals surface area contributed by atoms with Gasteiger partial charge in [0.25, 0.3) is 0 Å². The molecule has 1 atom stereocenters. The van der Waals surface area contributed by atoms with E-state index < -0.39 is 0 Å². The first kappa shape index (κ1) is 16.8. The zero-order valence-corrected chi connectivity index (χ0v) is 14.7. The van der Waals surface area contributed by atoms with Crippen LogP contribution >= 0.6 is 0 Å². The number of nitrogens with zero attached hydrogens (tertiary/aromatic N) is 4. The monoisotopic (exact) mass is 353 g/mol. The van der Waals surface area contributed by atoms with E-state index in [0.29, 0.717) is 32.7 Å². The summed E-state index contributed by atoms with van der Waals surface area (Å²) in [6.45, 7) is 2.58. The van der Waals surface area contributed by atoms with Gasteiger partial charge in [0.2, 0.25) is 5.91 Å². The van der Waals surface area contributed by atoms with Gasteiger partial charge in [0.15, 0.2) is 0 Å². The molecule has 0 bridgehead atoms. The van der Waals surface area contributed by atoms with Crippen molar-refractivity contribution in [2.45, 2.75) is 31.8 Å². The van der Waals surface area contributed by atoms with E-state index in [1.807, 2.05) is 29.4 Å². The Morgan fingerprint density at radius 3 is 3.15 bits per heavy atom. The minimum Gasteiger partial charge on any atom is -0.377 e. The number of morpholine rings is 1. The molecule has 1 aliphatic heterocycles. The van der Waals surface area contributed by atoms with Gasteiger partial charge in [-0.3, -0.25) is 9.48 Å². The summed E-state index contributed by atoms with van der Waals surface area (Å²) >= 11 is 0. The zero-order valence-electron chi connectivity index (χ0n) is 14.7. The molecule has 26 heavy (non-hydrogen) atoms. The third kappa shape index (κ3) is 3.62. The highest BCUT2D eigenvalue weighted by Crippen LogP contribution is 2.22. The predicted molar refractivity (Wildman–Crippen MR) is 97.6 cm³/mol. The topological polar surface area (TPSA) is 76.0 Å². The van der Waals surface area contributed by atoms with Crippen molar-refractivity contribution in [1.82, 2.24) is 24.9 Å². The average Bonchev–Trinajstić information content (AvgIpc) is 3.33. The van der Waals surface area contributed by atoms with Gasteiger partial charge in [0, 0.05) is 42.8 Å². The van der Waals surface area contributed by atoms with Crippen LogP contribution in [0.3, 0.4) is 0 Å². The van der Waals surface area contributed by atoms with Crippen LogP contribution in [0.25, 0.3) is 10.9 Å². The van der Waals surface area contributed by atoms with Crippen LogP contribution in [-0.2, 0) is 22.5 Å². The molecule has 1 amide bonds. The summed E-state index contributed by atoms with van der Waals surface area (Å²) in [6, 6.07) is 8.35. The normalized spacial score (nSPS) is 17.7. The van der Waals surface area contributed by atoms with E-state index in [0.717, 1.165) is 18.4 Å². The number of carbonyl (C=O) groups is 1. The van der Waals surface area contributed by atoms with Gasteiger partial charge in [-0.1, -0.05) is 23.4 Å². The number of hydrogen-bond donors (Lipinski definition) is 1. The first-order valence-electron chi connectivity index (χ1n) is 9.07. The average molecular weight is 353 g/mol. The van der Waals surface area contributed by atoms with E-state index in [1.165, 1.54) is 10.9 Å². The summed E-state index contributed by atoms with van der Waals surface area (Å²) in [7, 11) is 0. The number of nitrogens with one attached hydrogen (secondary N) is 1. The van der Waals surface area contributed by atoms with Crippen LogP contribution in [0.5, 0.6) is 0 Å². The van der Waals surface area contributed by atoms with Crippen molar-refractivity contribution in [2.75, 3.05) is 19.8 Å². The number of fused-ring (bicyclic) bond motifs is 1. The maximum absolute atomic E-state index is 12.7. The van der Waals surface area contributed by atoms with Gasteiger partial charge in [-0.25, -0.2) is 0 Å². The lowest BCUT2D eigenvalue weighted by Gasteiger charge is -2.36. The Balaban J connectivity index is 1.40. The lowest BCUT2D eigenvalue weighted by Crippen LogP contribution is -2.49. The van der Waals surface area contributed by atoms with Gasteiger partial charge >= 0.3 is 0 Å². The molecule has 1 aromatic carbocycles. The van der Waals surface area contributed by atoms with Crippen molar-refractivity contribution >= 4 is 16.8 Å². The van der Waals surface area contributed by atoms with Crippen LogP contribution in [0.15, 0.2) is 42.9 Å². The molecule has 1 aliphatic rings. The van der Waals surface area contributed by atoms with E-state index in [-0.39, 0.29) is 11.9 Å². The molecule has 0 unspecified atom stereocenters. The van der Waals surface area contributed by atoms with Crippen molar-refractivity contribution in [3.8, 4) is 0 Å². The molecule has 7 heteroatoms. The first-order valence-corrected chi connectivity index (χ1v) is 9.07. The third-order valence-corrected chi connectivity index (χ3v) is 4.93. The Bertz CT molecular complexity index is 858. The van der Waals surface area contributed by atoms with Crippen molar-refractivity contribution < 1.29 is 9.53 Å². The number of aryl methyl sites for hydroxylation is 1. The van der Waals surface area contributed by atoms with Crippen molar-refractivity contribution in [3.63, 3.8) is 0 Å². The molecule has 1 N–H and O–H groups in total. The smallest absolute Gasteiger partial charge is 0.223 e. The van der Waals surface area contributed by atoms with Crippen LogP contribution in [0, 0.1) is 0 Å². The minimum absolute atomic E-state index is 0.0850. The number of benzene rings is 1. The number of hydrogen-bond acceptors (Lipinski definition) is 4. The number of aromatic amines is 1. The van der Waals surface area contributed by atoms with Gasteiger partial charge in [0.1, 0.15) is 0 Å². The molecule has 2 aromatic heterocycles. The molecule has 0 spiro atoms. The first-order chi connectivity index (χ1) is 12.8. The summed E-state index contributed by atoms with van der Waals surface area (Å²) in [6.07, 6.45) is 7.61. The number of carbonyl (C=O) groups excluding carboxylic acids is 1. The fourth-order valence-corrected chi connectivity index (χ4v) is 3.59. The molecule has 136 valence electrons. The lowest BCUT2D eigenvalue weighted by molar-refractivity contribution is -0.139. The summed E-state index contributed by atoms with van der Waals surface area (Å²) in [5.74, 6) is 0.193. The Hall–Kier alpha value is -2.67. The van der Waals surface area contributed by atoms with Crippen LogP contribution in [0.1, 0.15) is 18.4 Å². The number of para-hydroxylation sites is 1. The van der Waals surface area contributed by atoms with Crippen LogP contribution in [0.2, 0.25) is 0 Å². The van der Waals surface area contributed by atoms with Crippen molar-refractivity contribution in [2.24, 2.45) is 0 Å². The molecule has 0 saturated carbocycles. The number of amides is 1. The Morgan fingerprint density at radius 2 is 2.27 bits per heavy atom. The van der Waals surface area contributed by atoms with Crippen LogP contribution < -0.4 is 0 Å². The van der Waals surface area contributed by atoms with Gasteiger partial charge in [-0.15, -0.1) is 5.10 Å². The molecular formula is C19H23N5O2. The maximum Gasteiger partial charge on any atom is 0.223 e. The highest BCUT2D eigenvalue weighted by atomic mass is 16.5. The van der Waals surface area contributed by atoms with Crippen LogP contribution in [0.4, 0.5) is 0 Å². The van der Waals surface area contributed by atoms with E-state index in [1.54, 1.807) is 10.9 Å². The second-order valence-corrected chi connectivity index (χ2v) is 6.65. The number of H-pyrrole nitrogens is 1. The van der Waals surface area contributed by atoms with Gasteiger partial charge in [0.05, 0.1) is 25.5 Å². The summed E-state index contributed by atoms with van der Waals surface area (Å²) in [5.41, 5.74) is 2.36. The molecule has 7 nitrogen and oxygen atoms in total. The van der Waals surface area contributed by atoms with Gasteiger partial charge in [-0.05, 0) is 24.5 Å². The van der Waals surface area contributed by atoms with Gasteiger partial charge in [-0.2, -0.15) is 0 Å². The number of aromatic nitrogens is 4. The van der Waals surface area contributed by atoms with E-state index in [4.69, 9.17) is 4.74 Å². The van der Waals surface area contributed by atoms with E-state index in [2.05, 4.69) is 27.4 Å². The fraction of sp³-hybridized carbons (Fsp3) is 0.421. The highest BCUT2D eigenvalue weighted by molar-refractivity contribution is 5.83. The Kier molecular flexibility index (Phi) is 4.97. The van der Waals surface area contributed by atoms with Crippen LogP contribution in [-0.4, -0.2) is 56.6 Å². The zero-order chi connectivity index (χ0) is 17.8. The Morgan fingerprint density at radius 1 is 1.35 bits per heavy atom. The summed E-state index contributed by atoms with van der Waals surface area (Å²) < 4.78 is 7.42. The summed E-state index contributed by atoms with van der Waals surface area (Å²) in [4.78, 5) is 18.1. The summed E-state index contributed by atoms with van der Waals surface area (Å²) in [5, 5.41) is 8.94. The molecule has 1 saturated heterocycles. The maximum atomic E-state index is 12.7. The second-order valence-electron chi connectivity index (χ2n) is 6.65. The minimum atomic E-state index is 0.0850. The number of ether oxygens (including phenoxy) is 1. The van der Waals surface area contributed by atoms with Crippen molar-refractivity contribution in [1.29, 1.82) is 0 Å². The lowest BCUT2D eigenvalue weighted by atomic mass is 10.0. The fourth-order valence-electron chi connectivity index (χ4n) is 3.59. The van der Waals surface area contributed by atoms with E-state index >= 15 is 0 Å². The molecule has 1 fully saturated rings. The van der Waals surface area contributed by atoms with E-state index in [9.17, 15) is 4.79 Å². The predicted octanol–water partition coefficient (Wildman–Crippen LogP) is 2.01. The highest BCUT2D eigenvalue weighted by Gasteiger charge is 2.27. The van der Waals surface area contributed by atoms with Crippen molar-refractivity contribution in [3.05, 3.63) is 48.4 Å².